The summed E-state index contributed by atoms with van der Waals surface area (Å²) >= 11 is 0. The fourth-order valence-corrected chi connectivity index (χ4v) is 1.60. The van der Waals surface area contributed by atoms with Crippen LogP contribution in [0, 0.1) is 5.41 Å². The second-order valence-corrected chi connectivity index (χ2v) is 5.07. The van der Waals surface area contributed by atoms with Gasteiger partial charge in [-0.15, -0.1) is 0 Å². The largest absolute Gasteiger partial charge is 0.351 e. The Hall–Kier alpha value is -1.10. The van der Waals surface area contributed by atoms with Gasteiger partial charge < -0.3 is 16.0 Å². The number of hydrogen-bond acceptors (Lipinski definition) is 3. The van der Waals surface area contributed by atoms with E-state index in [2.05, 4.69) is 5.32 Å². The van der Waals surface area contributed by atoms with Crippen molar-refractivity contribution in [2.45, 2.75) is 32.7 Å². The number of amides is 2. The first-order valence-corrected chi connectivity index (χ1v) is 5.62. The number of rotatable bonds is 3. The van der Waals surface area contributed by atoms with Crippen LogP contribution in [-0.4, -0.2) is 42.9 Å². The van der Waals surface area contributed by atoms with Gasteiger partial charge in [0.05, 0.1) is 5.41 Å². The first-order chi connectivity index (χ1) is 7.36. The lowest BCUT2D eigenvalue weighted by molar-refractivity contribution is -0.135. The fraction of sp³-hybridized carbons (Fsp3) is 0.818. The highest BCUT2D eigenvalue weighted by atomic mass is 16.2. The number of nitrogens with zero attached hydrogens (tertiary/aromatic N) is 1. The molecule has 1 rings (SSSR count). The first kappa shape index (κ1) is 13.0. The number of nitrogens with one attached hydrogen (secondary N) is 1. The van der Waals surface area contributed by atoms with E-state index < -0.39 is 5.41 Å². The highest BCUT2D eigenvalue weighted by molar-refractivity contribution is 5.83. The normalized spacial score (nSPS) is 22.1. The van der Waals surface area contributed by atoms with Crippen LogP contribution >= 0.6 is 0 Å². The maximum absolute atomic E-state index is 11.9. The van der Waals surface area contributed by atoms with Crippen LogP contribution in [0.15, 0.2) is 0 Å². The predicted molar refractivity (Wildman–Crippen MR) is 61.6 cm³/mol. The third-order valence-electron chi connectivity index (χ3n) is 3.09. The predicted octanol–water partition coefficient (Wildman–Crippen LogP) is -0.292. The van der Waals surface area contributed by atoms with Gasteiger partial charge in [-0.2, -0.15) is 0 Å². The molecule has 0 aliphatic carbocycles. The molecule has 16 heavy (non-hydrogen) atoms. The summed E-state index contributed by atoms with van der Waals surface area (Å²) in [5.41, 5.74) is 4.99. The maximum atomic E-state index is 11.9. The van der Waals surface area contributed by atoms with E-state index in [4.69, 9.17) is 5.73 Å². The topological polar surface area (TPSA) is 75.4 Å². The quantitative estimate of drug-likeness (QED) is 0.695. The molecule has 0 bridgehead atoms. The summed E-state index contributed by atoms with van der Waals surface area (Å²) in [7, 11) is 1.76. The Bertz CT molecular complexity index is 289. The summed E-state index contributed by atoms with van der Waals surface area (Å²) in [4.78, 5) is 24.8. The lowest BCUT2D eigenvalue weighted by atomic mass is 9.91. The van der Waals surface area contributed by atoms with Crippen molar-refractivity contribution in [2.75, 3.05) is 20.1 Å². The molecule has 0 aromatic rings. The van der Waals surface area contributed by atoms with Crippen LogP contribution in [-0.2, 0) is 9.59 Å². The molecule has 0 radical (unpaired) electrons. The summed E-state index contributed by atoms with van der Waals surface area (Å²) in [5, 5.41) is 2.95. The van der Waals surface area contributed by atoms with Crippen LogP contribution in [0.1, 0.15) is 26.7 Å². The molecule has 2 amide bonds. The smallest absolute Gasteiger partial charge is 0.227 e. The third kappa shape index (κ3) is 2.95. The van der Waals surface area contributed by atoms with Crippen LogP contribution in [0.5, 0.6) is 0 Å². The van der Waals surface area contributed by atoms with Crippen molar-refractivity contribution in [3.63, 3.8) is 0 Å². The molecule has 5 nitrogen and oxygen atoms in total. The van der Waals surface area contributed by atoms with Crippen molar-refractivity contribution in [3.05, 3.63) is 0 Å². The number of piperidine rings is 1. The van der Waals surface area contributed by atoms with E-state index >= 15 is 0 Å². The number of hydrogen-bond donors (Lipinski definition) is 2. The monoisotopic (exact) mass is 227 g/mol. The summed E-state index contributed by atoms with van der Waals surface area (Å²) < 4.78 is 0. The molecule has 5 heteroatoms. The zero-order valence-electron chi connectivity index (χ0n) is 10.2. The molecular formula is C11H21N3O2. The highest BCUT2D eigenvalue weighted by Crippen LogP contribution is 2.15. The van der Waals surface area contributed by atoms with E-state index in [0.29, 0.717) is 19.5 Å². The van der Waals surface area contributed by atoms with Crippen molar-refractivity contribution in [1.82, 2.24) is 10.2 Å². The molecule has 0 aromatic heterocycles. The highest BCUT2D eigenvalue weighted by Gasteiger charge is 2.30. The van der Waals surface area contributed by atoms with E-state index in [1.165, 1.54) is 0 Å². The molecule has 1 aliphatic heterocycles. The summed E-state index contributed by atoms with van der Waals surface area (Å²) in [6.07, 6.45) is 1.22. The average molecular weight is 227 g/mol. The van der Waals surface area contributed by atoms with Gasteiger partial charge in [-0.25, -0.2) is 0 Å². The van der Waals surface area contributed by atoms with Crippen molar-refractivity contribution in [3.8, 4) is 0 Å². The van der Waals surface area contributed by atoms with Crippen molar-refractivity contribution >= 4 is 11.8 Å². The van der Waals surface area contributed by atoms with Gasteiger partial charge in [-0.05, 0) is 20.3 Å². The Kier molecular flexibility index (Phi) is 3.91. The van der Waals surface area contributed by atoms with E-state index in [1.54, 1.807) is 11.9 Å². The summed E-state index contributed by atoms with van der Waals surface area (Å²) in [5.74, 6) is 0.103. The van der Waals surface area contributed by atoms with E-state index in [1.807, 2.05) is 13.8 Å². The molecule has 0 spiro atoms. The lowest BCUT2D eigenvalue weighted by Crippen LogP contribution is -2.52. The number of carbonyl (C=O) groups is 2. The lowest BCUT2D eigenvalue weighted by Gasteiger charge is -2.32. The van der Waals surface area contributed by atoms with Gasteiger partial charge in [-0.3, -0.25) is 9.59 Å². The van der Waals surface area contributed by atoms with Gasteiger partial charge in [0.25, 0.3) is 0 Å². The molecule has 0 aromatic carbocycles. The van der Waals surface area contributed by atoms with Gasteiger partial charge in [0, 0.05) is 32.6 Å². The number of likely N-dealkylation sites (tertiary alicyclic amines) is 1. The Morgan fingerprint density at radius 3 is 2.75 bits per heavy atom. The molecule has 1 atom stereocenters. The van der Waals surface area contributed by atoms with Crippen molar-refractivity contribution in [2.24, 2.45) is 11.1 Å². The van der Waals surface area contributed by atoms with Crippen LogP contribution in [0.3, 0.4) is 0 Å². The Labute approximate surface area is 96.4 Å². The van der Waals surface area contributed by atoms with Gasteiger partial charge in [0.2, 0.25) is 11.8 Å². The maximum Gasteiger partial charge on any atom is 0.227 e. The standard InChI is InChI=1S/C11H21N3O2/c1-11(2,7-12)10(16)13-8-4-5-9(15)14(3)6-8/h8H,4-7,12H2,1-3H3,(H,13,16). The molecule has 1 unspecified atom stereocenters. The second-order valence-electron chi connectivity index (χ2n) is 5.07. The molecule has 92 valence electrons. The van der Waals surface area contributed by atoms with Gasteiger partial charge in [0.15, 0.2) is 0 Å². The molecule has 1 aliphatic rings. The first-order valence-electron chi connectivity index (χ1n) is 5.62. The third-order valence-corrected chi connectivity index (χ3v) is 3.09. The van der Waals surface area contributed by atoms with Crippen LogP contribution in [0.4, 0.5) is 0 Å². The Morgan fingerprint density at radius 1 is 1.62 bits per heavy atom. The molecule has 1 saturated heterocycles. The van der Waals surface area contributed by atoms with Gasteiger partial charge in [-0.1, -0.05) is 0 Å². The zero-order chi connectivity index (χ0) is 12.3. The Morgan fingerprint density at radius 2 is 2.25 bits per heavy atom. The van der Waals surface area contributed by atoms with Gasteiger partial charge in [0.1, 0.15) is 0 Å². The summed E-state index contributed by atoms with van der Waals surface area (Å²) in [6.45, 7) is 4.55. The zero-order valence-corrected chi connectivity index (χ0v) is 10.2. The number of carbonyl (C=O) groups excluding carboxylic acids is 2. The molecule has 1 heterocycles. The minimum Gasteiger partial charge on any atom is -0.351 e. The average Bonchev–Trinajstić information content (AvgIpc) is 2.23. The van der Waals surface area contributed by atoms with Gasteiger partial charge >= 0.3 is 0 Å². The van der Waals surface area contributed by atoms with Crippen LogP contribution < -0.4 is 11.1 Å². The SMILES string of the molecule is CN1CC(NC(=O)C(C)(C)CN)CCC1=O. The molecule has 3 N–H and O–H groups in total. The van der Waals surface area contributed by atoms with E-state index in [9.17, 15) is 9.59 Å². The number of nitrogens with two attached hydrogens (primary N) is 1. The van der Waals surface area contributed by atoms with Crippen LogP contribution in [0.25, 0.3) is 0 Å². The molecule has 1 fully saturated rings. The minimum atomic E-state index is -0.542. The van der Waals surface area contributed by atoms with Crippen LogP contribution in [0.2, 0.25) is 0 Å². The minimum absolute atomic E-state index is 0.0391. The van der Waals surface area contributed by atoms with E-state index in [0.717, 1.165) is 6.42 Å². The van der Waals surface area contributed by atoms with E-state index in [-0.39, 0.29) is 17.9 Å². The summed E-state index contributed by atoms with van der Waals surface area (Å²) in [6, 6.07) is 0.0565. The Balaban J connectivity index is 2.50. The van der Waals surface area contributed by atoms with Crippen molar-refractivity contribution in [1.29, 1.82) is 0 Å². The fourth-order valence-electron chi connectivity index (χ4n) is 1.60. The van der Waals surface area contributed by atoms with Crippen molar-refractivity contribution < 1.29 is 9.59 Å². The second kappa shape index (κ2) is 4.82. The molecule has 0 saturated carbocycles. The molecular weight excluding hydrogens is 206 g/mol. The number of likely N-dealkylation sites (N-methyl/N-ethyl adjacent to an activating group) is 1.